The van der Waals surface area contributed by atoms with Crippen LogP contribution in [0.4, 0.5) is 0 Å². The van der Waals surface area contributed by atoms with Crippen LogP contribution in [-0.2, 0) is 11.0 Å². The van der Waals surface area contributed by atoms with Gasteiger partial charge in [0.2, 0.25) is 0 Å². The van der Waals surface area contributed by atoms with Crippen LogP contribution in [0.1, 0.15) is 50.8 Å². The number of aromatic nitrogens is 1. The maximum Gasteiger partial charge on any atom is 0.162 e. The third-order valence-corrected chi connectivity index (χ3v) is 5.50. The van der Waals surface area contributed by atoms with Gasteiger partial charge in [0.1, 0.15) is 0 Å². The summed E-state index contributed by atoms with van der Waals surface area (Å²) in [5.41, 5.74) is 3.82. The van der Waals surface area contributed by atoms with Crippen molar-refractivity contribution in [2.75, 3.05) is 0 Å². The van der Waals surface area contributed by atoms with E-state index in [1.54, 1.807) is 0 Å². The van der Waals surface area contributed by atoms with E-state index < -0.39 is 11.0 Å². The number of halogens is 1. The molecule has 0 aliphatic heterocycles. The van der Waals surface area contributed by atoms with E-state index in [1.807, 2.05) is 59.7 Å². The summed E-state index contributed by atoms with van der Waals surface area (Å²) in [6.45, 7) is 11.6. The Bertz CT molecular complexity index is 735. The molecule has 2 rings (SSSR count). The van der Waals surface area contributed by atoms with Crippen LogP contribution in [0.25, 0.3) is 11.1 Å². The van der Waals surface area contributed by atoms with Gasteiger partial charge in [-0.3, -0.25) is 0 Å². The zero-order valence-corrected chi connectivity index (χ0v) is 15.9. The fourth-order valence-corrected chi connectivity index (χ4v) is 3.32. The van der Waals surface area contributed by atoms with E-state index in [0.717, 1.165) is 22.4 Å². The highest BCUT2D eigenvalue weighted by Crippen LogP contribution is 2.34. The molecule has 0 aliphatic carbocycles. The smallest absolute Gasteiger partial charge is 0.162 e. The Kier molecular flexibility index (Phi) is 5.33. The molecule has 4 nitrogen and oxygen atoms in total. The van der Waals surface area contributed by atoms with Crippen molar-refractivity contribution in [2.24, 2.45) is 0 Å². The van der Waals surface area contributed by atoms with Gasteiger partial charge < -0.3 is 4.52 Å². The molecule has 2 atom stereocenters. The number of nitrogens with zero attached hydrogens (tertiary/aromatic N) is 1. The molecule has 1 aromatic carbocycles. The molecule has 1 N–H and O–H groups in total. The average Bonchev–Trinajstić information content (AvgIpc) is 2.79. The second-order valence-corrected chi connectivity index (χ2v) is 9.12. The first kappa shape index (κ1) is 18.2. The van der Waals surface area contributed by atoms with E-state index in [-0.39, 0.29) is 10.8 Å². The first-order valence-corrected chi connectivity index (χ1v) is 9.04. The van der Waals surface area contributed by atoms with Crippen molar-refractivity contribution in [2.45, 2.75) is 52.3 Å². The van der Waals surface area contributed by atoms with Crippen LogP contribution in [0.2, 0.25) is 5.02 Å². The number of benzene rings is 1. The Morgan fingerprint density at radius 2 is 1.96 bits per heavy atom. The molecule has 0 amide bonds. The van der Waals surface area contributed by atoms with Crippen LogP contribution in [-0.4, -0.2) is 14.1 Å². The molecule has 0 aliphatic rings. The van der Waals surface area contributed by atoms with Gasteiger partial charge in [-0.25, -0.2) is 8.93 Å². The monoisotopic (exact) mass is 354 g/mol. The van der Waals surface area contributed by atoms with Crippen LogP contribution >= 0.6 is 11.6 Å². The predicted molar refractivity (Wildman–Crippen MR) is 95.9 cm³/mol. The summed E-state index contributed by atoms with van der Waals surface area (Å²) in [5.74, 6) is 0.686. The van der Waals surface area contributed by atoms with Crippen molar-refractivity contribution in [3.63, 3.8) is 0 Å². The number of rotatable bonds is 4. The second-order valence-electron chi connectivity index (χ2n) is 6.69. The van der Waals surface area contributed by atoms with E-state index in [2.05, 4.69) is 9.88 Å². The summed E-state index contributed by atoms with van der Waals surface area (Å²) in [6.07, 6.45) is 0. The highest BCUT2D eigenvalue weighted by atomic mass is 35.5. The quantitative estimate of drug-likeness (QED) is 0.863. The molecule has 0 saturated heterocycles. The molecule has 0 unspecified atom stereocenters. The Morgan fingerprint density at radius 3 is 2.52 bits per heavy atom. The molecule has 1 heterocycles. The second kappa shape index (κ2) is 6.75. The van der Waals surface area contributed by atoms with Crippen molar-refractivity contribution in [1.29, 1.82) is 0 Å². The number of aryl methyl sites for hydroxylation is 2. The molecular formula is C17H23ClN2O2S. The van der Waals surface area contributed by atoms with E-state index >= 15 is 0 Å². The summed E-state index contributed by atoms with van der Waals surface area (Å²) in [7, 11) is -1.19. The summed E-state index contributed by atoms with van der Waals surface area (Å²) >= 11 is 6.05. The Labute approximate surface area is 145 Å². The summed E-state index contributed by atoms with van der Waals surface area (Å²) in [4.78, 5) is 0. The molecule has 0 spiro atoms. The van der Waals surface area contributed by atoms with Gasteiger partial charge in [-0.15, -0.1) is 0 Å². The van der Waals surface area contributed by atoms with E-state index in [0.29, 0.717) is 10.8 Å². The number of hydrogen-bond donors (Lipinski definition) is 1. The molecule has 23 heavy (non-hydrogen) atoms. The topological polar surface area (TPSA) is 55.1 Å². The highest BCUT2D eigenvalue weighted by Gasteiger charge is 2.26. The first-order chi connectivity index (χ1) is 10.6. The fraction of sp³-hybridized carbons (Fsp3) is 0.471. The number of hydrogen-bond acceptors (Lipinski definition) is 3. The zero-order valence-electron chi connectivity index (χ0n) is 14.4. The van der Waals surface area contributed by atoms with E-state index in [1.165, 1.54) is 0 Å². The molecule has 0 fully saturated rings. The molecule has 0 saturated carbocycles. The third-order valence-electron chi connectivity index (χ3n) is 3.58. The lowest BCUT2D eigenvalue weighted by Crippen LogP contribution is -2.34. The molecule has 126 valence electrons. The van der Waals surface area contributed by atoms with Crippen LogP contribution in [0.5, 0.6) is 0 Å². The summed E-state index contributed by atoms with van der Waals surface area (Å²) in [5, 5.41) is 4.80. The van der Waals surface area contributed by atoms with Crippen molar-refractivity contribution in [3.05, 3.63) is 40.2 Å². The maximum atomic E-state index is 12.3. The van der Waals surface area contributed by atoms with Crippen molar-refractivity contribution in [3.8, 4) is 11.1 Å². The van der Waals surface area contributed by atoms with Crippen LogP contribution in [0, 0.1) is 13.8 Å². The standard InChI is InChI=1S/C17H23ClN2O2S/c1-10-9-13(18)7-8-14(10)15-11(2)19-22-16(15)12(3)20-23(21)17(4,5)6/h7-9,12,20H,1-6H3/t12-,23-/m0/s1. The first-order valence-electron chi connectivity index (χ1n) is 7.52. The van der Waals surface area contributed by atoms with Crippen molar-refractivity contribution >= 4 is 22.6 Å². The largest absolute Gasteiger partial charge is 0.359 e. The average molecular weight is 355 g/mol. The molecule has 0 bridgehead atoms. The van der Waals surface area contributed by atoms with Gasteiger partial charge in [0.25, 0.3) is 0 Å². The number of nitrogens with one attached hydrogen (secondary N) is 1. The predicted octanol–water partition coefficient (Wildman–Crippen LogP) is 4.72. The Morgan fingerprint density at radius 1 is 1.30 bits per heavy atom. The minimum atomic E-state index is -1.19. The Hall–Kier alpha value is -1.17. The van der Waals surface area contributed by atoms with Crippen molar-refractivity contribution in [1.82, 2.24) is 9.88 Å². The minimum absolute atomic E-state index is 0.221. The molecular weight excluding hydrogens is 332 g/mol. The summed E-state index contributed by atoms with van der Waals surface area (Å²) in [6, 6.07) is 5.51. The lowest BCUT2D eigenvalue weighted by Gasteiger charge is -2.21. The van der Waals surface area contributed by atoms with Gasteiger partial charge in [-0.05, 0) is 64.8 Å². The molecule has 2 aromatic rings. The lowest BCUT2D eigenvalue weighted by molar-refractivity contribution is 0.358. The lowest BCUT2D eigenvalue weighted by atomic mass is 9.97. The van der Waals surface area contributed by atoms with Gasteiger partial charge in [0.05, 0.1) is 27.5 Å². The third kappa shape index (κ3) is 4.03. The van der Waals surface area contributed by atoms with E-state index in [9.17, 15) is 4.21 Å². The zero-order chi connectivity index (χ0) is 17.4. The minimum Gasteiger partial charge on any atom is -0.359 e. The van der Waals surface area contributed by atoms with Crippen molar-refractivity contribution < 1.29 is 8.73 Å². The van der Waals surface area contributed by atoms with Gasteiger partial charge in [0, 0.05) is 10.6 Å². The molecule has 0 radical (unpaired) electrons. The van der Waals surface area contributed by atoms with Crippen LogP contribution in [0.3, 0.4) is 0 Å². The molecule has 1 aromatic heterocycles. The fourth-order valence-electron chi connectivity index (χ4n) is 2.31. The van der Waals surface area contributed by atoms with Crippen LogP contribution < -0.4 is 4.72 Å². The van der Waals surface area contributed by atoms with E-state index in [4.69, 9.17) is 16.1 Å². The Balaban J connectivity index is 2.41. The van der Waals surface area contributed by atoms with Gasteiger partial charge in [-0.1, -0.05) is 22.8 Å². The van der Waals surface area contributed by atoms with Gasteiger partial charge >= 0.3 is 0 Å². The normalized spacial score (nSPS) is 14.7. The van der Waals surface area contributed by atoms with Crippen LogP contribution in [0.15, 0.2) is 22.7 Å². The SMILES string of the molecule is Cc1cc(Cl)ccc1-c1c(C)noc1[C@H](C)N[S@@](=O)C(C)(C)C. The molecule has 6 heteroatoms. The summed E-state index contributed by atoms with van der Waals surface area (Å²) < 4.78 is 20.6. The maximum absolute atomic E-state index is 12.3. The van der Waals surface area contributed by atoms with Gasteiger partial charge in [0.15, 0.2) is 5.76 Å². The highest BCUT2D eigenvalue weighted by molar-refractivity contribution is 7.84. The van der Waals surface area contributed by atoms with Gasteiger partial charge in [-0.2, -0.15) is 0 Å².